The molecular formula is C18H21ClN2O2. The molecule has 2 rings (SSSR count). The van der Waals surface area contributed by atoms with Gasteiger partial charge in [-0.25, -0.2) is 0 Å². The molecule has 4 nitrogen and oxygen atoms in total. The maximum Gasteiger partial charge on any atom is 0.243 e. The number of ether oxygens (including phenoxy) is 1. The zero-order valence-corrected chi connectivity index (χ0v) is 13.9. The Kier molecular flexibility index (Phi) is 6.76. The SMILES string of the molecule is CCCCOc1cccc(NCC(=O)Nc2ccc(Cl)cc2)c1. The minimum Gasteiger partial charge on any atom is -0.494 e. The van der Waals surface area contributed by atoms with E-state index in [0.717, 1.165) is 30.0 Å². The highest BCUT2D eigenvalue weighted by Crippen LogP contribution is 2.18. The summed E-state index contributed by atoms with van der Waals surface area (Å²) in [7, 11) is 0. The summed E-state index contributed by atoms with van der Waals surface area (Å²) in [6.07, 6.45) is 2.13. The predicted molar refractivity (Wildman–Crippen MR) is 95.4 cm³/mol. The number of benzene rings is 2. The van der Waals surface area contributed by atoms with Crippen molar-refractivity contribution in [2.24, 2.45) is 0 Å². The van der Waals surface area contributed by atoms with Crippen molar-refractivity contribution < 1.29 is 9.53 Å². The smallest absolute Gasteiger partial charge is 0.243 e. The maximum atomic E-state index is 11.9. The average Bonchev–Trinajstić information content (AvgIpc) is 2.56. The van der Waals surface area contributed by atoms with Gasteiger partial charge in [0.25, 0.3) is 0 Å². The van der Waals surface area contributed by atoms with Crippen molar-refractivity contribution in [1.29, 1.82) is 0 Å². The van der Waals surface area contributed by atoms with Crippen LogP contribution in [0.5, 0.6) is 5.75 Å². The van der Waals surface area contributed by atoms with E-state index in [9.17, 15) is 4.79 Å². The third-order valence-electron chi connectivity index (χ3n) is 3.18. The topological polar surface area (TPSA) is 50.4 Å². The van der Waals surface area contributed by atoms with Crippen LogP contribution in [0.25, 0.3) is 0 Å². The molecule has 2 aromatic carbocycles. The summed E-state index contributed by atoms with van der Waals surface area (Å²) >= 11 is 5.81. The van der Waals surface area contributed by atoms with Gasteiger partial charge in [-0.05, 0) is 42.8 Å². The average molecular weight is 333 g/mol. The molecule has 1 amide bonds. The van der Waals surface area contributed by atoms with Crippen LogP contribution in [-0.2, 0) is 4.79 Å². The Balaban J connectivity index is 1.81. The predicted octanol–water partition coefficient (Wildman–Crippen LogP) is 4.57. The maximum absolute atomic E-state index is 11.9. The third-order valence-corrected chi connectivity index (χ3v) is 3.43. The lowest BCUT2D eigenvalue weighted by Gasteiger charge is -2.10. The first kappa shape index (κ1) is 17.2. The fourth-order valence-electron chi connectivity index (χ4n) is 1.95. The van der Waals surface area contributed by atoms with Crippen LogP contribution in [0.3, 0.4) is 0 Å². The zero-order valence-electron chi connectivity index (χ0n) is 13.1. The fourth-order valence-corrected chi connectivity index (χ4v) is 2.08. The van der Waals surface area contributed by atoms with Gasteiger partial charge < -0.3 is 15.4 Å². The summed E-state index contributed by atoms with van der Waals surface area (Å²) < 4.78 is 5.65. The molecular weight excluding hydrogens is 312 g/mol. The standard InChI is InChI=1S/C18H21ClN2O2/c1-2-3-11-23-17-6-4-5-16(12-17)20-13-18(22)21-15-9-7-14(19)8-10-15/h4-10,12,20H,2-3,11,13H2,1H3,(H,21,22). The fraction of sp³-hybridized carbons (Fsp3) is 0.278. The van der Waals surface area contributed by atoms with Crippen LogP contribution in [0.2, 0.25) is 5.02 Å². The first-order valence-corrected chi connectivity index (χ1v) is 8.07. The number of hydrogen-bond donors (Lipinski definition) is 2. The summed E-state index contributed by atoms with van der Waals surface area (Å²) in [5.74, 6) is 0.686. The number of unbranched alkanes of at least 4 members (excludes halogenated alkanes) is 1. The Labute approximate surface area is 141 Å². The van der Waals surface area contributed by atoms with Crippen LogP contribution in [0, 0.1) is 0 Å². The largest absolute Gasteiger partial charge is 0.494 e. The molecule has 2 aromatic rings. The molecule has 0 aliphatic heterocycles. The normalized spacial score (nSPS) is 10.2. The van der Waals surface area contributed by atoms with Crippen molar-refractivity contribution in [3.05, 3.63) is 53.6 Å². The van der Waals surface area contributed by atoms with Crippen molar-refractivity contribution in [1.82, 2.24) is 0 Å². The van der Waals surface area contributed by atoms with Crippen LogP contribution in [0.4, 0.5) is 11.4 Å². The van der Waals surface area contributed by atoms with E-state index in [1.807, 2.05) is 24.3 Å². The monoisotopic (exact) mass is 332 g/mol. The van der Waals surface area contributed by atoms with Gasteiger partial charge in [-0.3, -0.25) is 4.79 Å². The Bertz CT molecular complexity index is 629. The Hall–Kier alpha value is -2.20. The molecule has 0 fully saturated rings. The van der Waals surface area contributed by atoms with Crippen molar-refractivity contribution >= 4 is 28.9 Å². The van der Waals surface area contributed by atoms with Gasteiger partial charge in [-0.15, -0.1) is 0 Å². The highest BCUT2D eigenvalue weighted by atomic mass is 35.5. The summed E-state index contributed by atoms with van der Waals surface area (Å²) in [6, 6.07) is 14.6. The number of nitrogens with one attached hydrogen (secondary N) is 2. The van der Waals surface area contributed by atoms with Gasteiger partial charge in [0.2, 0.25) is 5.91 Å². The molecule has 2 N–H and O–H groups in total. The van der Waals surface area contributed by atoms with Gasteiger partial charge in [0, 0.05) is 22.5 Å². The number of halogens is 1. The first-order chi connectivity index (χ1) is 11.2. The number of rotatable bonds is 8. The Morgan fingerprint density at radius 1 is 1.13 bits per heavy atom. The van der Waals surface area contributed by atoms with Gasteiger partial charge in [0.15, 0.2) is 0 Å². The number of carbonyl (C=O) groups excluding carboxylic acids is 1. The van der Waals surface area contributed by atoms with E-state index in [1.54, 1.807) is 24.3 Å². The van der Waals surface area contributed by atoms with Crippen LogP contribution in [0.1, 0.15) is 19.8 Å². The highest BCUT2D eigenvalue weighted by Gasteiger charge is 2.03. The number of carbonyl (C=O) groups is 1. The van der Waals surface area contributed by atoms with Gasteiger partial charge in [-0.1, -0.05) is 31.0 Å². The van der Waals surface area contributed by atoms with E-state index in [0.29, 0.717) is 11.6 Å². The van der Waals surface area contributed by atoms with E-state index < -0.39 is 0 Å². The first-order valence-electron chi connectivity index (χ1n) is 7.69. The third kappa shape index (κ3) is 6.20. The lowest BCUT2D eigenvalue weighted by molar-refractivity contribution is -0.114. The lowest BCUT2D eigenvalue weighted by Crippen LogP contribution is -2.21. The summed E-state index contributed by atoms with van der Waals surface area (Å²) in [5.41, 5.74) is 1.57. The lowest BCUT2D eigenvalue weighted by atomic mass is 10.3. The van der Waals surface area contributed by atoms with Crippen molar-refractivity contribution in [3.63, 3.8) is 0 Å². The molecule has 0 saturated carbocycles. The minimum absolute atomic E-state index is 0.121. The molecule has 122 valence electrons. The van der Waals surface area contributed by atoms with Crippen molar-refractivity contribution in [3.8, 4) is 5.75 Å². The Morgan fingerprint density at radius 3 is 2.65 bits per heavy atom. The summed E-state index contributed by atoms with van der Waals surface area (Å²) in [6.45, 7) is 3.01. The minimum atomic E-state index is -0.121. The van der Waals surface area contributed by atoms with Crippen LogP contribution >= 0.6 is 11.6 Å². The van der Waals surface area contributed by atoms with Crippen molar-refractivity contribution in [2.45, 2.75) is 19.8 Å². The summed E-state index contributed by atoms with van der Waals surface area (Å²) in [5, 5.41) is 6.53. The molecule has 23 heavy (non-hydrogen) atoms. The van der Waals surface area contributed by atoms with Crippen molar-refractivity contribution in [2.75, 3.05) is 23.8 Å². The van der Waals surface area contributed by atoms with Crippen LogP contribution in [0.15, 0.2) is 48.5 Å². The molecule has 0 unspecified atom stereocenters. The van der Waals surface area contributed by atoms with Crippen LogP contribution in [-0.4, -0.2) is 19.1 Å². The van der Waals surface area contributed by atoms with E-state index in [4.69, 9.17) is 16.3 Å². The van der Waals surface area contributed by atoms with Gasteiger partial charge in [0.05, 0.1) is 13.2 Å². The second-order valence-corrected chi connectivity index (χ2v) is 5.57. The molecule has 0 atom stereocenters. The van der Waals surface area contributed by atoms with Gasteiger partial charge >= 0.3 is 0 Å². The molecule has 0 aliphatic rings. The van der Waals surface area contributed by atoms with E-state index >= 15 is 0 Å². The number of amides is 1. The van der Waals surface area contributed by atoms with Gasteiger partial charge in [-0.2, -0.15) is 0 Å². The van der Waals surface area contributed by atoms with Gasteiger partial charge in [0.1, 0.15) is 5.75 Å². The number of hydrogen-bond acceptors (Lipinski definition) is 3. The highest BCUT2D eigenvalue weighted by molar-refractivity contribution is 6.30. The molecule has 0 saturated heterocycles. The molecule has 0 heterocycles. The van der Waals surface area contributed by atoms with E-state index in [-0.39, 0.29) is 12.5 Å². The second-order valence-electron chi connectivity index (χ2n) is 5.14. The second kappa shape index (κ2) is 9.06. The molecule has 0 radical (unpaired) electrons. The quantitative estimate of drug-likeness (QED) is 0.696. The molecule has 5 heteroatoms. The van der Waals surface area contributed by atoms with E-state index in [1.165, 1.54) is 0 Å². The molecule has 0 spiro atoms. The molecule has 0 bridgehead atoms. The summed E-state index contributed by atoms with van der Waals surface area (Å²) in [4.78, 5) is 11.9. The zero-order chi connectivity index (χ0) is 16.5. The van der Waals surface area contributed by atoms with E-state index in [2.05, 4.69) is 17.6 Å². The van der Waals surface area contributed by atoms with Crippen LogP contribution < -0.4 is 15.4 Å². The molecule has 0 aromatic heterocycles. The molecule has 0 aliphatic carbocycles. The number of anilines is 2. The Morgan fingerprint density at radius 2 is 1.91 bits per heavy atom.